The fourth-order valence-electron chi connectivity index (χ4n) is 1.10. The minimum absolute atomic E-state index is 0.407. The van der Waals surface area contributed by atoms with Crippen LogP contribution in [0.2, 0.25) is 5.02 Å². The molecule has 0 radical (unpaired) electrons. The van der Waals surface area contributed by atoms with Crippen LogP contribution in [0.1, 0.15) is 12.8 Å². The molecule has 2 nitrogen and oxygen atoms in total. The standard InChI is InChI=1S/C10H11ClO2/c1-12-10-5-4-8(6-9(10)11)13-7-2-3-7/h4-7H,2-3H2,1H3. The van der Waals surface area contributed by atoms with Gasteiger partial charge in [-0.1, -0.05) is 11.6 Å². The highest BCUT2D eigenvalue weighted by atomic mass is 35.5. The van der Waals surface area contributed by atoms with E-state index in [4.69, 9.17) is 21.1 Å². The normalized spacial score (nSPS) is 15.5. The number of hydrogen-bond acceptors (Lipinski definition) is 2. The van der Waals surface area contributed by atoms with Gasteiger partial charge in [0.2, 0.25) is 0 Å². The van der Waals surface area contributed by atoms with E-state index in [1.807, 2.05) is 12.1 Å². The third-order valence-electron chi connectivity index (χ3n) is 1.95. The van der Waals surface area contributed by atoms with E-state index in [2.05, 4.69) is 0 Å². The van der Waals surface area contributed by atoms with Crippen LogP contribution < -0.4 is 9.47 Å². The maximum absolute atomic E-state index is 5.93. The van der Waals surface area contributed by atoms with E-state index in [1.165, 1.54) is 0 Å². The van der Waals surface area contributed by atoms with Gasteiger partial charge in [0, 0.05) is 6.07 Å². The largest absolute Gasteiger partial charge is 0.495 e. The third kappa shape index (κ3) is 2.07. The first-order chi connectivity index (χ1) is 6.29. The number of halogens is 1. The molecule has 0 amide bonds. The predicted molar refractivity (Wildman–Crippen MR) is 51.7 cm³/mol. The third-order valence-corrected chi connectivity index (χ3v) is 2.25. The zero-order chi connectivity index (χ0) is 9.26. The minimum atomic E-state index is 0.407. The molecule has 70 valence electrons. The smallest absolute Gasteiger partial charge is 0.137 e. The minimum Gasteiger partial charge on any atom is -0.495 e. The number of benzene rings is 1. The first-order valence-corrected chi connectivity index (χ1v) is 4.67. The lowest BCUT2D eigenvalue weighted by molar-refractivity contribution is 0.302. The van der Waals surface area contributed by atoms with Crippen LogP contribution in [0.3, 0.4) is 0 Å². The molecule has 0 N–H and O–H groups in total. The molecule has 0 aromatic heterocycles. The molecule has 2 rings (SSSR count). The molecule has 3 heteroatoms. The summed E-state index contributed by atoms with van der Waals surface area (Å²) >= 11 is 5.93. The Bertz CT molecular complexity index is 308. The second kappa shape index (κ2) is 3.46. The van der Waals surface area contributed by atoms with Gasteiger partial charge in [0.25, 0.3) is 0 Å². The maximum Gasteiger partial charge on any atom is 0.137 e. The molecule has 0 unspecified atom stereocenters. The molecular formula is C10H11ClO2. The average molecular weight is 199 g/mol. The van der Waals surface area contributed by atoms with Gasteiger partial charge in [0.05, 0.1) is 18.2 Å². The zero-order valence-electron chi connectivity index (χ0n) is 7.42. The van der Waals surface area contributed by atoms with Crippen LogP contribution >= 0.6 is 11.6 Å². The lowest BCUT2D eigenvalue weighted by Gasteiger charge is -2.06. The van der Waals surface area contributed by atoms with Gasteiger partial charge in [0.15, 0.2) is 0 Å². The summed E-state index contributed by atoms with van der Waals surface area (Å²) in [6.45, 7) is 0. The fourth-order valence-corrected chi connectivity index (χ4v) is 1.35. The van der Waals surface area contributed by atoms with Crippen molar-refractivity contribution < 1.29 is 9.47 Å². The van der Waals surface area contributed by atoms with Crippen molar-refractivity contribution in [1.82, 2.24) is 0 Å². The average Bonchev–Trinajstić information content (AvgIpc) is 2.89. The quantitative estimate of drug-likeness (QED) is 0.744. The van der Waals surface area contributed by atoms with Crippen LogP contribution in [0.15, 0.2) is 18.2 Å². The summed E-state index contributed by atoms with van der Waals surface area (Å²) in [5, 5.41) is 0.598. The molecule has 0 atom stereocenters. The van der Waals surface area contributed by atoms with Crippen molar-refractivity contribution in [3.63, 3.8) is 0 Å². The van der Waals surface area contributed by atoms with Gasteiger partial charge < -0.3 is 9.47 Å². The van der Waals surface area contributed by atoms with Gasteiger partial charge in [-0.3, -0.25) is 0 Å². The molecule has 1 saturated carbocycles. The maximum atomic E-state index is 5.93. The Morgan fingerprint density at radius 3 is 2.69 bits per heavy atom. The lowest BCUT2D eigenvalue weighted by atomic mass is 10.3. The molecular weight excluding hydrogens is 188 g/mol. The predicted octanol–water partition coefficient (Wildman–Crippen LogP) is 2.89. The van der Waals surface area contributed by atoms with Crippen molar-refractivity contribution in [3.8, 4) is 11.5 Å². The summed E-state index contributed by atoms with van der Waals surface area (Å²) in [6, 6.07) is 5.49. The van der Waals surface area contributed by atoms with E-state index >= 15 is 0 Å². The van der Waals surface area contributed by atoms with Gasteiger partial charge in [-0.05, 0) is 25.0 Å². The number of methoxy groups -OCH3 is 1. The van der Waals surface area contributed by atoms with E-state index in [0.717, 1.165) is 18.6 Å². The van der Waals surface area contributed by atoms with Crippen LogP contribution in [-0.4, -0.2) is 13.2 Å². The molecule has 1 fully saturated rings. The van der Waals surface area contributed by atoms with Crippen LogP contribution in [0, 0.1) is 0 Å². The van der Waals surface area contributed by atoms with Gasteiger partial charge in [-0.2, -0.15) is 0 Å². The lowest BCUT2D eigenvalue weighted by Crippen LogP contribution is -1.95. The van der Waals surface area contributed by atoms with E-state index in [9.17, 15) is 0 Å². The molecule has 1 aliphatic carbocycles. The van der Waals surface area contributed by atoms with Gasteiger partial charge >= 0.3 is 0 Å². The molecule has 1 aromatic carbocycles. The summed E-state index contributed by atoms with van der Waals surface area (Å²) in [5.74, 6) is 1.51. The second-order valence-corrected chi connectivity index (χ2v) is 3.52. The first-order valence-electron chi connectivity index (χ1n) is 4.30. The second-order valence-electron chi connectivity index (χ2n) is 3.11. The SMILES string of the molecule is COc1ccc(OC2CC2)cc1Cl. The van der Waals surface area contributed by atoms with E-state index in [1.54, 1.807) is 13.2 Å². The van der Waals surface area contributed by atoms with Crippen LogP contribution in [0.5, 0.6) is 11.5 Å². The van der Waals surface area contributed by atoms with Crippen LogP contribution in [0.25, 0.3) is 0 Å². The summed E-state index contributed by atoms with van der Waals surface area (Å²) in [6.07, 6.45) is 2.72. The zero-order valence-corrected chi connectivity index (χ0v) is 8.17. The van der Waals surface area contributed by atoms with Crippen LogP contribution in [-0.2, 0) is 0 Å². The first kappa shape index (κ1) is 8.70. The molecule has 0 bridgehead atoms. The topological polar surface area (TPSA) is 18.5 Å². The Kier molecular flexibility index (Phi) is 2.32. The molecule has 0 heterocycles. The van der Waals surface area contributed by atoms with E-state index < -0.39 is 0 Å². The van der Waals surface area contributed by atoms with Gasteiger partial charge in [0.1, 0.15) is 11.5 Å². The molecule has 1 aromatic rings. The summed E-state index contributed by atoms with van der Waals surface area (Å²) in [4.78, 5) is 0. The van der Waals surface area contributed by atoms with Crippen molar-refractivity contribution in [2.45, 2.75) is 18.9 Å². The number of rotatable bonds is 3. The van der Waals surface area contributed by atoms with Gasteiger partial charge in [-0.25, -0.2) is 0 Å². The summed E-state index contributed by atoms with van der Waals surface area (Å²) in [7, 11) is 1.60. The van der Waals surface area contributed by atoms with Crippen molar-refractivity contribution in [2.75, 3.05) is 7.11 Å². The van der Waals surface area contributed by atoms with Crippen molar-refractivity contribution in [2.24, 2.45) is 0 Å². The monoisotopic (exact) mass is 198 g/mol. The Labute approximate surface area is 82.4 Å². The summed E-state index contributed by atoms with van der Waals surface area (Å²) < 4.78 is 10.6. The molecule has 0 aliphatic heterocycles. The van der Waals surface area contributed by atoms with E-state index in [0.29, 0.717) is 16.9 Å². The van der Waals surface area contributed by atoms with Crippen LogP contribution in [0.4, 0.5) is 0 Å². The summed E-state index contributed by atoms with van der Waals surface area (Å²) in [5.41, 5.74) is 0. The molecule has 0 saturated heterocycles. The molecule has 13 heavy (non-hydrogen) atoms. The Balaban J connectivity index is 2.13. The Hall–Kier alpha value is -0.890. The fraction of sp³-hybridized carbons (Fsp3) is 0.400. The van der Waals surface area contributed by atoms with Crippen molar-refractivity contribution in [1.29, 1.82) is 0 Å². The Morgan fingerprint density at radius 1 is 1.38 bits per heavy atom. The molecule has 0 spiro atoms. The highest BCUT2D eigenvalue weighted by Gasteiger charge is 2.23. The van der Waals surface area contributed by atoms with E-state index in [-0.39, 0.29) is 0 Å². The number of ether oxygens (including phenoxy) is 2. The van der Waals surface area contributed by atoms with Crippen molar-refractivity contribution in [3.05, 3.63) is 23.2 Å². The van der Waals surface area contributed by atoms with Gasteiger partial charge in [-0.15, -0.1) is 0 Å². The Morgan fingerprint density at radius 2 is 2.15 bits per heavy atom. The highest BCUT2D eigenvalue weighted by Crippen LogP contribution is 2.32. The number of hydrogen-bond donors (Lipinski definition) is 0. The highest BCUT2D eigenvalue weighted by molar-refractivity contribution is 6.32. The van der Waals surface area contributed by atoms with Crippen molar-refractivity contribution >= 4 is 11.6 Å². The molecule has 1 aliphatic rings.